The molecule has 1 rings (SSSR count). The Bertz CT molecular complexity index is 664. The SMILES string of the molecule is C[C@@H](Sc1ccc(Cl)cc1)C(=O)N[C@@H](C(=O)OC(C)(C)C)[C@@H](C)OC(C)(C)C. The van der Waals surface area contributed by atoms with Crippen molar-refractivity contribution in [1.82, 2.24) is 5.32 Å². The summed E-state index contributed by atoms with van der Waals surface area (Å²) in [6.45, 7) is 14.6. The first-order valence-corrected chi connectivity index (χ1v) is 10.6. The van der Waals surface area contributed by atoms with Gasteiger partial charge in [0.25, 0.3) is 0 Å². The van der Waals surface area contributed by atoms with Gasteiger partial charge in [0, 0.05) is 9.92 Å². The smallest absolute Gasteiger partial charge is 0.331 e. The molecular formula is C21H32ClNO4S. The lowest BCUT2D eigenvalue weighted by Gasteiger charge is -2.32. The fourth-order valence-corrected chi connectivity index (χ4v) is 3.40. The maximum Gasteiger partial charge on any atom is 0.331 e. The third kappa shape index (κ3) is 9.30. The van der Waals surface area contributed by atoms with Crippen LogP contribution in [0.15, 0.2) is 29.2 Å². The number of nitrogens with one attached hydrogen (secondary N) is 1. The fourth-order valence-electron chi connectivity index (χ4n) is 2.40. The number of amides is 1. The molecule has 0 fully saturated rings. The fraction of sp³-hybridized carbons (Fsp3) is 0.619. The first-order valence-electron chi connectivity index (χ1n) is 9.31. The molecule has 1 aromatic carbocycles. The molecule has 0 radical (unpaired) electrons. The molecule has 28 heavy (non-hydrogen) atoms. The predicted molar refractivity (Wildman–Crippen MR) is 115 cm³/mol. The van der Waals surface area contributed by atoms with Crippen molar-refractivity contribution in [2.75, 3.05) is 0 Å². The van der Waals surface area contributed by atoms with Gasteiger partial charge in [-0.3, -0.25) is 4.79 Å². The number of hydrogen-bond acceptors (Lipinski definition) is 5. The normalized spacial score (nSPS) is 15.5. The Morgan fingerprint density at radius 1 is 1.00 bits per heavy atom. The van der Waals surface area contributed by atoms with Crippen molar-refractivity contribution < 1.29 is 19.1 Å². The minimum Gasteiger partial charge on any atom is -0.458 e. The molecule has 3 atom stereocenters. The van der Waals surface area contributed by atoms with Crippen molar-refractivity contribution in [2.24, 2.45) is 0 Å². The second kappa shape index (κ2) is 9.99. The van der Waals surface area contributed by atoms with Crippen LogP contribution in [0.1, 0.15) is 55.4 Å². The van der Waals surface area contributed by atoms with E-state index in [2.05, 4.69) is 5.32 Å². The van der Waals surface area contributed by atoms with Gasteiger partial charge in [0.2, 0.25) is 5.91 Å². The van der Waals surface area contributed by atoms with Crippen molar-refractivity contribution in [3.05, 3.63) is 29.3 Å². The van der Waals surface area contributed by atoms with Gasteiger partial charge < -0.3 is 14.8 Å². The number of esters is 1. The standard InChI is InChI=1S/C21H32ClNO4S/c1-13(26-20(3,4)5)17(19(25)27-21(6,7)8)23-18(24)14(2)28-16-11-9-15(22)10-12-16/h9-14,17H,1-8H3,(H,23,24)/t13-,14-,17-/m1/s1. The van der Waals surface area contributed by atoms with Crippen LogP contribution in [0, 0.1) is 0 Å². The Labute approximate surface area is 177 Å². The van der Waals surface area contributed by atoms with Gasteiger partial charge >= 0.3 is 5.97 Å². The molecule has 7 heteroatoms. The number of hydrogen-bond donors (Lipinski definition) is 1. The predicted octanol–water partition coefficient (Wildman–Crippen LogP) is 4.85. The number of rotatable bonds is 7. The molecule has 0 saturated carbocycles. The molecule has 158 valence electrons. The van der Waals surface area contributed by atoms with Gasteiger partial charge in [-0.25, -0.2) is 4.79 Å². The Morgan fingerprint density at radius 2 is 1.54 bits per heavy atom. The van der Waals surface area contributed by atoms with Crippen molar-refractivity contribution in [1.29, 1.82) is 0 Å². The molecule has 0 aliphatic carbocycles. The van der Waals surface area contributed by atoms with Gasteiger partial charge in [-0.05, 0) is 79.7 Å². The van der Waals surface area contributed by atoms with E-state index in [9.17, 15) is 9.59 Å². The highest BCUT2D eigenvalue weighted by Crippen LogP contribution is 2.25. The largest absolute Gasteiger partial charge is 0.458 e. The van der Waals surface area contributed by atoms with E-state index in [1.165, 1.54) is 11.8 Å². The molecule has 5 nitrogen and oxygen atoms in total. The molecular weight excluding hydrogens is 398 g/mol. The maximum atomic E-state index is 12.7. The zero-order valence-corrected chi connectivity index (χ0v) is 19.5. The lowest BCUT2D eigenvalue weighted by Crippen LogP contribution is -2.53. The number of carbonyl (C=O) groups is 2. The Hall–Kier alpha value is -1.24. The second-order valence-electron chi connectivity index (χ2n) is 8.67. The van der Waals surface area contributed by atoms with Crippen LogP contribution in [-0.2, 0) is 19.1 Å². The van der Waals surface area contributed by atoms with E-state index in [1.807, 2.05) is 32.9 Å². The van der Waals surface area contributed by atoms with Crippen LogP contribution >= 0.6 is 23.4 Å². The van der Waals surface area contributed by atoms with Gasteiger partial charge in [-0.1, -0.05) is 11.6 Å². The average molecular weight is 430 g/mol. The number of halogens is 1. The lowest BCUT2D eigenvalue weighted by atomic mass is 10.1. The van der Waals surface area contributed by atoms with Crippen LogP contribution in [-0.4, -0.2) is 40.5 Å². The molecule has 1 N–H and O–H groups in total. The van der Waals surface area contributed by atoms with Crippen molar-refractivity contribution >= 4 is 35.2 Å². The summed E-state index contributed by atoms with van der Waals surface area (Å²) in [4.78, 5) is 26.4. The van der Waals surface area contributed by atoms with Crippen molar-refractivity contribution in [2.45, 2.75) is 88.9 Å². The van der Waals surface area contributed by atoms with Crippen LogP contribution in [0.25, 0.3) is 0 Å². The van der Waals surface area contributed by atoms with Crippen LogP contribution in [0.3, 0.4) is 0 Å². The minimum atomic E-state index is -0.904. The Balaban J connectivity index is 2.88. The van der Waals surface area contributed by atoms with Gasteiger partial charge in [-0.2, -0.15) is 0 Å². The van der Waals surface area contributed by atoms with Crippen LogP contribution < -0.4 is 5.32 Å². The van der Waals surface area contributed by atoms with Gasteiger partial charge in [0.1, 0.15) is 5.60 Å². The maximum absolute atomic E-state index is 12.7. The zero-order chi connectivity index (χ0) is 21.7. The molecule has 0 aromatic heterocycles. The number of benzene rings is 1. The summed E-state index contributed by atoms with van der Waals surface area (Å²) in [5.74, 6) is -0.776. The lowest BCUT2D eigenvalue weighted by molar-refractivity contribution is -0.166. The van der Waals surface area contributed by atoms with E-state index in [4.69, 9.17) is 21.1 Å². The molecule has 0 heterocycles. The summed E-state index contributed by atoms with van der Waals surface area (Å²) in [5, 5.41) is 3.04. The average Bonchev–Trinajstić information content (AvgIpc) is 2.50. The number of ether oxygens (including phenoxy) is 2. The molecule has 0 saturated heterocycles. The van der Waals surface area contributed by atoms with Crippen LogP contribution in [0.4, 0.5) is 0 Å². The summed E-state index contributed by atoms with van der Waals surface area (Å²) in [6, 6.07) is 6.36. The molecule has 0 spiro atoms. The van der Waals surface area contributed by atoms with E-state index < -0.39 is 34.6 Å². The molecule has 1 amide bonds. The van der Waals surface area contributed by atoms with Gasteiger partial charge in [0.05, 0.1) is 17.0 Å². The van der Waals surface area contributed by atoms with Gasteiger partial charge in [0.15, 0.2) is 6.04 Å². The quantitative estimate of drug-likeness (QED) is 0.495. The molecule has 0 bridgehead atoms. The number of carbonyl (C=O) groups excluding carboxylic acids is 2. The zero-order valence-electron chi connectivity index (χ0n) is 18.0. The highest BCUT2D eigenvalue weighted by Gasteiger charge is 2.35. The summed E-state index contributed by atoms with van der Waals surface area (Å²) in [5.41, 5.74) is -1.13. The second-order valence-corrected chi connectivity index (χ2v) is 10.5. The highest BCUT2D eigenvalue weighted by molar-refractivity contribution is 8.00. The van der Waals surface area contributed by atoms with Crippen LogP contribution in [0.2, 0.25) is 5.02 Å². The van der Waals surface area contributed by atoms with Crippen molar-refractivity contribution in [3.63, 3.8) is 0 Å². The third-order valence-corrected chi connectivity index (χ3v) is 4.83. The third-order valence-electron chi connectivity index (χ3n) is 3.46. The van der Waals surface area contributed by atoms with Gasteiger partial charge in [-0.15, -0.1) is 11.8 Å². The van der Waals surface area contributed by atoms with E-state index in [0.717, 1.165) is 4.90 Å². The van der Waals surface area contributed by atoms with E-state index in [1.54, 1.807) is 46.8 Å². The first kappa shape index (κ1) is 24.8. The first-order chi connectivity index (χ1) is 12.7. The Kier molecular flexibility index (Phi) is 8.85. The summed E-state index contributed by atoms with van der Waals surface area (Å²) in [7, 11) is 0. The van der Waals surface area contributed by atoms with Crippen molar-refractivity contribution in [3.8, 4) is 0 Å². The number of thioether (sulfide) groups is 1. The molecule has 0 aliphatic heterocycles. The highest BCUT2D eigenvalue weighted by atomic mass is 35.5. The Morgan fingerprint density at radius 3 is 2.00 bits per heavy atom. The molecule has 1 aromatic rings. The van der Waals surface area contributed by atoms with E-state index in [-0.39, 0.29) is 5.91 Å². The monoisotopic (exact) mass is 429 g/mol. The minimum absolute atomic E-state index is 0.264. The molecule has 0 aliphatic rings. The summed E-state index contributed by atoms with van der Waals surface area (Å²) in [6.07, 6.45) is -0.550. The topological polar surface area (TPSA) is 64.6 Å². The van der Waals surface area contributed by atoms with Crippen LogP contribution in [0.5, 0.6) is 0 Å². The molecule has 0 unspecified atom stereocenters. The van der Waals surface area contributed by atoms with E-state index >= 15 is 0 Å². The summed E-state index contributed by atoms with van der Waals surface area (Å²) >= 11 is 7.29. The van der Waals surface area contributed by atoms with E-state index in [0.29, 0.717) is 5.02 Å². The summed E-state index contributed by atoms with van der Waals surface area (Å²) < 4.78 is 11.4.